The molecule has 0 spiro atoms. The van der Waals surface area contributed by atoms with E-state index in [0.29, 0.717) is 22.3 Å². The van der Waals surface area contributed by atoms with Crippen molar-refractivity contribution in [2.24, 2.45) is 0 Å². The van der Waals surface area contributed by atoms with Crippen LogP contribution in [0.1, 0.15) is 11.1 Å². The second kappa shape index (κ2) is 10.6. The van der Waals surface area contributed by atoms with E-state index in [1.807, 2.05) is 0 Å². The molecular weight excluding hydrogens is 420 g/mol. The number of Topliss-reactive ketones (excluding diaryl/α,β-unsaturated/α-hetero) is 1. The Hall–Kier alpha value is -3.69. The molecule has 172 valence electrons. The van der Waals surface area contributed by atoms with E-state index in [-0.39, 0.29) is 59.0 Å². The predicted molar refractivity (Wildman–Crippen MR) is 118 cm³/mol. The van der Waals surface area contributed by atoms with Gasteiger partial charge < -0.3 is 39.4 Å². The molecule has 1 aliphatic rings. The monoisotopic (exact) mass is 446 g/mol. The number of aromatic hydroxyl groups is 2. The highest BCUT2D eigenvalue weighted by atomic mass is 16.5. The van der Waals surface area contributed by atoms with E-state index in [1.165, 1.54) is 28.4 Å². The van der Waals surface area contributed by atoms with Gasteiger partial charge in [0.2, 0.25) is 11.5 Å². The second-order valence-corrected chi connectivity index (χ2v) is 6.71. The molecule has 1 aliphatic heterocycles. The minimum Gasteiger partial charge on any atom is -0.502 e. The molecule has 1 fully saturated rings. The summed E-state index contributed by atoms with van der Waals surface area (Å²) in [5.74, 6) is 0.513. The van der Waals surface area contributed by atoms with Crippen LogP contribution in [0.2, 0.25) is 0 Å². The lowest BCUT2D eigenvalue weighted by molar-refractivity contribution is -0.114. The van der Waals surface area contributed by atoms with Gasteiger partial charge in [0, 0.05) is 11.1 Å². The molecule has 0 aliphatic carbocycles. The number of benzene rings is 2. The van der Waals surface area contributed by atoms with Crippen molar-refractivity contribution in [2.75, 3.05) is 41.7 Å². The molecule has 0 unspecified atom stereocenters. The maximum absolute atomic E-state index is 13.0. The number of ketones is 1. The van der Waals surface area contributed by atoms with Gasteiger partial charge in [-0.05, 0) is 47.5 Å². The summed E-state index contributed by atoms with van der Waals surface area (Å²) >= 11 is 0. The largest absolute Gasteiger partial charge is 0.502 e. The third-order valence-corrected chi connectivity index (χ3v) is 4.78. The van der Waals surface area contributed by atoms with Gasteiger partial charge in [-0.3, -0.25) is 4.79 Å². The molecule has 1 heterocycles. The predicted octanol–water partition coefficient (Wildman–Crippen LogP) is 2.37. The van der Waals surface area contributed by atoms with Crippen molar-refractivity contribution in [3.05, 3.63) is 46.5 Å². The van der Waals surface area contributed by atoms with Crippen molar-refractivity contribution in [3.8, 4) is 34.5 Å². The fourth-order valence-electron chi connectivity index (χ4n) is 3.22. The standard InChI is InChI=1S/C23H24O8.H2O/c1-27-17-7-13(8-18(28-2)22(17)25)5-15-11-31-12-16(21(15)24)6-14-9-19(29-3)23(26)20(10-14)30-4;/h5-10,25-26H,11-12H2,1-4H3;1H2/b15-5+,16-6+;. The Morgan fingerprint density at radius 2 is 1.03 bits per heavy atom. The molecule has 2 aromatic rings. The van der Waals surface area contributed by atoms with Crippen molar-refractivity contribution >= 4 is 17.9 Å². The smallest absolute Gasteiger partial charge is 0.200 e. The summed E-state index contributed by atoms with van der Waals surface area (Å²) in [6.45, 7) is 0.286. The number of hydrogen-bond acceptors (Lipinski definition) is 8. The summed E-state index contributed by atoms with van der Waals surface area (Å²) in [5, 5.41) is 20.1. The highest BCUT2D eigenvalue weighted by Gasteiger charge is 2.22. The number of carbonyl (C=O) groups is 1. The van der Waals surface area contributed by atoms with E-state index >= 15 is 0 Å². The van der Waals surface area contributed by atoms with E-state index < -0.39 is 0 Å². The number of ether oxygens (including phenoxy) is 5. The van der Waals surface area contributed by atoms with E-state index in [1.54, 1.807) is 36.4 Å². The van der Waals surface area contributed by atoms with Crippen molar-refractivity contribution in [1.29, 1.82) is 0 Å². The average molecular weight is 446 g/mol. The third kappa shape index (κ3) is 4.96. The van der Waals surface area contributed by atoms with Crippen LogP contribution in [0.4, 0.5) is 0 Å². The average Bonchev–Trinajstić information content (AvgIpc) is 2.78. The van der Waals surface area contributed by atoms with Crippen LogP contribution in [0.15, 0.2) is 35.4 Å². The van der Waals surface area contributed by atoms with Gasteiger partial charge in [0.05, 0.1) is 41.7 Å². The minimum atomic E-state index is -0.178. The zero-order chi connectivity index (χ0) is 22.5. The topological polar surface area (TPSA) is 135 Å². The summed E-state index contributed by atoms with van der Waals surface area (Å²) in [4.78, 5) is 13.0. The Labute approximate surface area is 185 Å². The zero-order valence-corrected chi connectivity index (χ0v) is 18.2. The van der Waals surface area contributed by atoms with Crippen LogP contribution in [0, 0.1) is 0 Å². The Kier molecular flexibility index (Phi) is 8.11. The highest BCUT2D eigenvalue weighted by molar-refractivity contribution is 6.14. The van der Waals surface area contributed by atoms with Crippen LogP contribution < -0.4 is 18.9 Å². The van der Waals surface area contributed by atoms with Crippen LogP contribution in [0.3, 0.4) is 0 Å². The molecule has 9 heteroatoms. The molecule has 4 N–H and O–H groups in total. The van der Waals surface area contributed by atoms with Gasteiger partial charge in [0.1, 0.15) is 0 Å². The molecular formula is C23H26O9. The van der Waals surface area contributed by atoms with Crippen LogP contribution in [0.5, 0.6) is 34.5 Å². The summed E-state index contributed by atoms with van der Waals surface area (Å²) in [6.07, 6.45) is 3.33. The molecule has 0 aromatic heterocycles. The van der Waals surface area contributed by atoms with Crippen molar-refractivity contribution in [2.45, 2.75) is 0 Å². The number of carbonyl (C=O) groups excluding carboxylic acids is 1. The van der Waals surface area contributed by atoms with E-state index in [0.717, 1.165) is 0 Å². The SMILES string of the molecule is COc1cc(/C=C2\COC/C(=C\c3cc(OC)c(O)c(OC)c3)C2=O)cc(OC)c1O.O. The van der Waals surface area contributed by atoms with Gasteiger partial charge in [-0.2, -0.15) is 0 Å². The number of phenolic OH excluding ortho intramolecular Hbond substituents is 2. The molecule has 0 atom stereocenters. The first-order valence-electron chi connectivity index (χ1n) is 9.35. The Balaban J connectivity index is 0.00000363. The van der Waals surface area contributed by atoms with Crippen LogP contribution >= 0.6 is 0 Å². The Morgan fingerprint density at radius 1 is 0.719 bits per heavy atom. The quantitative estimate of drug-likeness (QED) is 0.646. The number of hydrogen-bond donors (Lipinski definition) is 2. The molecule has 9 nitrogen and oxygen atoms in total. The third-order valence-electron chi connectivity index (χ3n) is 4.78. The first-order chi connectivity index (χ1) is 14.9. The fraction of sp³-hybridized carbons (Fsp3) is 0.261. The van der Waals surface area contributed by atoms with Gasteiger partial charge in [-0.15, -0.1) is 0 Å². The molecule has 0 saturated carbocycles. The van der Waals surface area contributed by atoms with Crippen LogP contribution in [-0.4, -0.2) is 63.1 Å². The first-order valence-corrected chi connectivity index (χ1v) is 9.35. The van der Waals surface area contributed by atoms with Crippen molar-refractivity contribution in [3.63, 3.8) is 0 Å². The number of rotatable bonds is 6. The molecule has 0 amide bonds. The van der Waals surface area contributed by atoms with Gasteiger partial charge >= 0.3 is 0 Å². The molecule has 0 bridgehead atoms. The molecule has 1 saturated heterocycles. The van der Waals surface area contributed by atoms with Gasteiger partial charge in [0.15, 0.2) is 28.8 Å². The molecule has 32 heavy (non-hydrogen) atoms. The maximum atomic E-state index is 13.0. The number of methoxy groups -OCH3 is 4. The molecule has 2 aromatic carbocycles. The van der Waals surface area contributed by atoms with Crippen LogP contribution in [0.25, 0.3) is 12.2 Å². The van der Waals surface area contributed by atoms with E-state index in [9.17, 15) is 15.0 Å². The molecule has 3 rings (SSSR count). The molecule has 0 radical (unpaired) electrons. The minimum absolute atomic E-state index is 0. The van der Waals surface area contributed by atoms with Crippen LogP contribution in [-0.2, 0) is 9.53 Å². The van der Waals surface area contributed by atoms with Gasteiger partial charge in [-0.25, -0.2) is 0 Å². The summed E-state index contributed by atoms with van der Waals surface area (Å²) in [6, 6.07) is 6.41. The lowest BCUT2D eigenvalue weighted by atomic mass is 9.97. The summed E-state index contributed by atoms with van der Waals surface area (Å²) in [7, 11) is 5.73. The van der Waals surface area contributed by atoms with Gasteiger partial charge in [0.25, 0.3) is 0 Å². The highest BCUT2D eigenvalue weighted by Crippen LogP contribution is 2.39. The lowest BCUT2D eigenvalue weighted by Crippen LogP contribution is -2.21. The zero-order valence-electron chi connectivity index (χ0n) is 18.2. The number of phenols is 2. The maximum Gasteiger partial charge on any atom is 0.200 e. The normalized spacial score (nSPS) is 15.9. The van der Waals surface area contributed by atoms with E-state index in [4.69, 9.17) is 23.7 Å². The van der Waals surface area contributed by atoms with E-state index in [2.05, 4.69) is 0 Å². The first kappa shape index (κ1) is 24.6. The van der Waals surface area contributed by atoms with Crippen molar-refractivity contribution < 1.29 is 44.2 Å². The summed E-state index contributed by atoms with van der Waals surface area (Å²) < 4.78 is 26.3. The van der Waals surface area contributed by atoms with Crippen molar-refractivity contribution in [1.82, 2.24) is 0 Å². The fourth-order valence-corrected chi connectivity index (χ4v) is 3.22. The van der Waals surface area contributed by atoms with Gasteiger partial charge in [-0.1, -0.05) is 0 Å². The lowest BCUT2D eigenvalue weighted by Gasteiger charge is -2.18. The Morgan fingerprint density at radius 3 is 1.31 bits per heavy atom. The second-order valence-electron chi connectivity index (χ2n) is 6.71. The Bertz CT molecular complexity index is 922. The summed E-state index contributed by atoms with van der Waals surface area (Å²) in [5.41, 5.74) is 2.11.